The van der Waals surface area contributed by atoms with Gasteiger partial charge in [-0.25, -0.2) is 0 Å². The molecule has 0 N–H and O–H groups in total. The highest BCUT2D eigenvalue weighted by Gasteiger charge is 2.18. The number of rotatable bonds is 8. The molecule has 0 radical (unpaired) electrons. The molecule has 0 spiro atoms. The van der Waals surface area contributed by atoms with E-state index in [1.54, 1.807) is 7.11 Å². The fraction of sp³-hybridized carbons (Fsp3) is 0.375. The van der Waals surface area contributed by atoms with Crippen LogP contribution in [0.5, 0.6) is 0 Å². The van der Waals surface area contributed by atoms with Crippen LogP contribution in [0, 0.1) is 6.92 Å². The Hall–Kier alpha value is -2.39. The van der Waals surface area contributed by atoms with Crippen LogP contribution in [0.3, 0.4) is 0 Å². The third-order valence-electron chi connectivity index (χ3n) is 4.94. The van der Waals surface area contributed by atoms with Gasteiger partial charge in [-0.1, -0.05) is 62.4 Å². The lowest BCUT2D eigenvalue weighted by molar-refractivity contribution is 0.185. The quantitative estimate of drug-likeness (QED) is 0.492. The predicted octanol–water partition coefficient (Wildman–Crippen LogP) is 5.98. The van der Waals surface area contributed by atoms with Crippen molar-refractivity contribution in [3.63, 3.8) is 0 Å². The number of nitrogens with zero attached hydrogens (tertiary/aromatic N) is 2. The maximum Gasteiger partial charge on any atom is 0.0788 e. The molecule has 1 heterocycles. The summed E-state index contributed by atoms with van der Waals surface area (Å²) < 4.78 is 5.42. The number of pyridine rings is 1. The lowest BCUT2D eigenvalue weighted by Gasteiger charge is -2.27. The molecule has 0 bridgehead atoms. The number of hydrogen-bond donors (Lipinski definition) is 0. The Morgan fingerprint density at radius 1 is 0.889 bits per heavy atom. The molecule has 3 heteroatoms. The number of hydrogen-bond acceptors (Lipinski definition) is 3. The van der Waals surface area contributed by atoms with Crippen LogP contribution in [-0.2, 0) is 11.3 Å². The molecule has 3 rings (SSSR count). The van der Waals surface area contributed by atoms with Crippen LogP contribution < -0.4 is 4.90 Å². The SMILES string of the molecule is CCCN(CCC)c1c(C)nc(-c2ccccc2COC)c2ccccc12. The fourth-order valence-corrected chi connectivity index (χ4v) is 3.88. The van der Waals surface area contributed by atoms with Crippen LogP contribution in [0.25, 0.3) is 22.0 Å². The Morgan fingerprint density at radius 3 is 2.19 bits per heavy atom. The monoisotopic (exact) mass is 362 g/mol. The van der Waals surface area contributed by atoms with Gasteiger partial charge in [0.15, 0.2) is 0 Å². The lowest BCUT2D eigenvalue weighted by atomic mass is 9.97. The van der Waals surface area contributed by atoms with Crippen LogP contribution >= 0.6 is 0 Å². The molecule has 0 saturated heterocycles. The van der Waals surface area contributed by atoms with E-state index in [9.17, 15) is 0 Å². The molecule has 3 aromatic rings. The zero-order valence-corrected chi connectivity index (χ0v) is 17.0. The maximum absolute atomic E-state index is 5.42. The van der Waals surface area contributed by atoms with E-state index in [0.29, 0.717) is 6.61 Å². The molecule has 0 aliphatic carbocycles. The molecule has 142 valence electrons. The summed E-state index contributed by atoms with van der Waals surface area (Å²) in [4.78, 5) is 7.60. The van der Waals surface area contributed by atoms with Gasteiger partial charge in [0.1, 0.15) is 0 Å². The molecule has 2 aromatic carbocycles. The molecule has 0 aliphatic rings. The van der Waals surface area contributed by atoms with Crippen LogP contribution in [0.4, 0.5) is 5.69 Å². The first-order chi connectivity index (χ1) is 13.2. The molecule has 0 unspecified atom stereocenters. The molecule has 0 aliphatic heterocycles. The minimum absolute atomic E-state index is 0.588. The maximum atomic E-state index is 5.42. The summed E-state index contributed by atoms with van der Waals surface area (Å²) in [6, 6.07) is 17.1. The predicted molar refractivity (Wildman–Crippen MR) is 115 cm³/mol. The van der Waals surface area contributed by atoms with E-state index in [-0.39, 0.29) is 0 Å². The van der Waals surface area contributed by atoms with E-state index in [1.165, 1.54) is 22.0 Å². The van der Waals surface area contributed by atoms with Crippen LogP contribution in [0.2, 0.25) is 0 Å². The van der Waals surface area contributed by atoms with Gasteiger partial charge in [0.05, 0.1) is 23.7 Å². The Kier molecular flexibility index (Phi) is 6.46. The first-order valence-electron chi connectivity index (χ1n) is 9.92. The first-order valence-corrected chi connectivity index (χ1v) is 9.92. The number of ether oxygens (including phenoxy) is 1. The smallest absolute Gasteiger partial charge is 0.0788 e. The number of benzene rings is 2. The molecule has 0 amide bonds. The highest BCUT2D eigenvalue weighted by molar-refractivity contribution is 6.03. The lowest BCUT2D eigenvalue weighted by Crippen LogP contribution is -2.26. The van der Waals surface area contributed by atoms with E-state index in [0.717, 1.165) is 42.9 Å². The largest absolute Gasteiger partial charge is 0.380 e. The van der Waals surface area contributed by atoms with Gasteiger partial charge < -0.3 is 9.64 Å². The van der Waals surface area contributed by atoms with Crippen molar-refractivity contribution in [2.45, 2.75) is 40.2 Å². The molecular formula is C24H30N2O. The molecule has 27 heavy (non-hydrogen) atoms. The Balaban J connectivity index is 2.25. The highest BCUT2D eigenvalue weighted by Crippen LogP contribution is 2.37. The van der Waals surface area contributed by atoms with Gasteiger partial charge in [-0.2, -0.15) is 0 Å². The van der Waals surface area contributed by atoms with Crippen molar-refractivity contribution in [1.29, 1.82) is 0 Å². The highest BCUT2D eigenvalue weighted by atomic mass is 16.5. The standard InChI is InChI=1S/C24H30N2O/c1-5-15-26(16-6-2)24-18(3)25-23(21-13-9-10-14-22(21)24)20-12-8-7-11-19(20)17-27-4/h7-14H,5-6,15-17H2,1-4H3. The Bertz CT molecular complexity index is 898. The van der Waals surface area contributed by atoms with Crippen molar-refractivity contribution in [1.82, 2.24) is 4.98 Å². The number of aromatic nitrogens is 1. The Morgan fingerprint density at radius 2 is 1.52 bits per heavy atom. The van der Waals surface area contributed by atoms with E-state index in [2.05, 4.69) is 74.2 Å². The third kappa shape index (κ3) is 3.98. The van der Waals surface area contributed by atoms with E-state index < -0.39 is 0 Å². The molecule has 0 saturated carbocycles. The van der Waals surface area contributed by atoms with Gasteiger partial charge in [0.2, 0.25) is 0 Å². The van der Waals surface area contributed by atoms with E-state index >= 15 is 0 Å². The second-order valence-corrected chi connectivity index (χ2v) is 7.02. The van der Waals surface area contributed by atoms with E-state index in [4.69, 9.17) is 9.72 Å². The van der Waals surface area contributed by atoms with Crippen LogP contribution in [0.15, 0.2) is 48.5 Å². The molecule has 0 atom stereocenters. The van der Waals surface area contributed by atoms with E-state index in [1.807, 2.05) is 0 Å². The van der Waals surface area contributed by atoms with Crippen molar-refractivity contribution < 1.29 is 4.74 Å². The molecular weight excluding hydrogens is 332 g/mol. The summed E-state index contributed by atoms with van der Waals surface area (Å²) in [7, 11) is 1.74. The summed E-state index contributed by atoms with van der Waals surface area (Å²) in [5.74, 6) is 0. The second-order valence-electron chi connectivity index (χ2n) is 7.02. The second kappa shape index (κ2) is 9.01. The number of aryl methyl sites for hydroxylation is 1. The average molecular weight is 363 g/mol. The van der Waals surface area contributed by atoms with Gasteiger partial charge in [-0.15, -0.1) is 0 Å². The summed E-state index contributed by atoms with van der Waals surface area (Å²) in [6.07, 6.45) is 2.26. The van der Waals surface area contributed by atoms with Crippen molar-refractivity contribution in [3.05, 3.63) is 59.8 Å². The summed E-state index contributed by atoms with van der Waals surface area (Å²) in [6.45, 7) is 9.32. The van der Waals surface area contributed by atoms with Gasteiger partial charge >= 0.3 is 0 Å². The van der Waals surface area contributed by atoms with Gasteiger partial charge in [0, 0.05) is 36.5 Å². The topological polar surface area (TPSA) is 25.4 Å². The minimum atomic E-state index is 0.588. The van der Waals surface area contributed by atoms with Crippen LogP contribution in [0.1, 0.15) is 37.9 Å². The molecule has 1 aromatic heterocycles. The van der Waals surface area contributed by atoms with Crippen LogP contribution in [-0.4, -0.2) is 25.2 Å². The Labute approximate surface area is 163 Å². The van der Waals surface area contributed by atoms with Crippen molar-refractivity contribution in [2.24, 2.45) is 0 Å². The molecule has 3 nitrogen and oxygen atoms in total. The average Bonchev–Trinajstić information content (AvgIpc) is 2.68. The first kappa shape index (κ1) is 19.4. The zero-order chi connectivity index (χ0) is 19.2. The minimum Gasteiger partial charge on any atom is -0.380 e. The number of fused-ring (bicyclic) bond motifs is 1. The normalized spacial score (nSPS) is 11.1. The van der Waals surface area contributed by atoms with Crippen molar-refractivity contribution in [3.8, 4) is 11.3 Å². The third-order valence-corrected chi connectivity index (χ3v) is 4.94. The summed E-state index contributed by atoms with van der Waals surface area (Å²) in [5, 5.41) is 2.49. The summed E-state index contributed by atoms with van der Waals surface area (Å²) in [5.41, 5.74) is 5.75. The van der Waals surface area contributed by atoms with Gasteiger partial charge in [0.25, 0.3) is 0 Å². The number of anilines is 1. The number of methoxy groups -OCH3 is 1. The summed E-state index contributed by atoms with van der Waals surface area (Å²) >= 11 is 0. The van der Waals surface area contributed by atoms with Gasteiger partial charge in [-0.3, -0.25) is 4.98 Å². The van der Waals surface area contributed by atoms with Crippen molar-refractivity contribution >= 4 is 16.5 Å². The van der Waals surface area contributed by atoms with Crippen molar-refractivity contribution in [2.75, 3.05) is 25.1 Å². The van der Waals surface area contributed by atoms with Gasteiger partial charge in [-0.05, 0) is 25.3 Å². The fourth-order valence-electron chi connectivity index (χ4n) is 3.88. The zero-order valence-electron chi connectivity index (χ0n) is 17.0. The molecule has 0 fully saturated rings.